The van der Waals surface area contributed by atoms with Gasteiger partial charge in [0, 0.05) is 25.5 Å². The van der Waals surface area contributed by atoms with Crippen LogP contribution in [-0.2, 0) is 7.05 Å². The standard InChI is InChI=1S/C22H20N6/c1-15(16-8-4-3-5-9-16)24-20-17-11-13-27(2)22(17)26-21(25-20)18-14-23-19-10-6-7-12-28(18)19/h3-15H,1-2H3,(H,24,25,26). The zero-order chi connectivity index (χ0) is 19.1. The number of fused-ring (bicyclic) bond motifs is 2. The van der Waals surface area contributed by atoms with Gasteiger partial charge in [-0.1, -0.05) is 36.4 Å². The van der Waals surface area contributed by atoms with Gasteiger partial charge in [0.2, 0.25) is 0 Å². The number of nitrogens with zero attached hydrogens (tertiary/aromatic N) is 5. The molecule has 0 saturated carbocycles. The van der Waals surface area contributed by atoms with E-state index in [2.05, 4.69) is 41.5 Å². The summed E-state index contributed by atoms with van der Waals surface area (Å²) in [5.74, 6) is 1.47. The summed E-state index contributed by atoms with van der Waals surface area (Å²) in [5.41, 5.74) is 3.84. The highest BCUT2D eigenvalue weighted by Crippen LogP contribution is 2.28. The minimum Gasteiger partial charge on any atom is -0.363 e. The average molecular weight is 368 g/mol. The molecule has 1 N–H and O–H groups in total. The summed E-state index contributed by atoms with van der Waals surface area (Å²) >= 11 is 0. The summed E-state index contributed by atoms with van der Waals surface area (Å²) in [7, 11) is 2.00. The van der Waals surface area contributed by atoms with Gasteiger partial charge in [-0.3, -0.25) is 4.40 Å². The van der Waals surface area contributed by atoms with Gasteiger partial charge in [0.15, 0.2) is 5.82 Å². The van der Waals surface area contributed by atoms with Gasteiger partial charge in [0.1, 0.15) is 22.8 Å². The van der Waals surface area contributed by atoms with Crippen molar-refractivity contribution in [2.45, 2.75) is 13.0 Å². The first-order valence-corrected chi connectivity index (χ1v) is 9.28. The van der Waals surface area contributed by atoms with Crippen molar-refractivity contribution in [3.8, 4) is 11.5 Å². The van der Waals surface area contributed by atoms with Crippen molar-refractivity contribution in [3.63, 3.8) is 0 Å². The molecule has 138 valence electrons. The highest BCUT2D eigenvalue weighted by Gasteiger charge is 2.16. The minimum absolute atomic E-state index is 0.120. The van der Waals surface area contributed by atoms with E-state index >= 15 is 0 Å². The maximum Gasteiger partial charge on any atom is 0.182 e. The topological polar surface area (TPSA) is 60.0 Å². The third kappa shape index (κ3) is 2.70. The lowest BCUT2D eigenvalue weighted by Crippen LogP contribution is -2.09. The number of benzene rings is 1. The van der Waals surface area contributed by atoms with Crippen LogP contribution in [-0.4, -0.2) is 23.9 Å². The van der Waals surface area contributed by atoms with Crippen molar-refractivity contribution in [2.75, 3.05) is 5.32 Å². The molecule has 0 saturated heterocycles. The molecule has 0 radical (unpaired) electrons. The summed E-state index contributed by atoms with van der Waals surface area (Å²) in [5, 5.41) is 4.57. The molecule has 0 amide bonds. The first kappa shape index (κ1) is 16.5. The normalized spacial score (nSPS) is 12.5. The Morgan fingerprint density at radius 3 is 2.61 bits per heavy atom. The van der Waals surface area contributed by atoms with E-state index in [0.29, 0.717) is 5.82 Å². The first-order valence-electron chi connectivity index (χ1n) is 9.28. The summed E-state index contributed by atoms with van der Waals surface area (Å²) in [6.07, 6.45) is 5.82. The van der Waals surface area contributed by atoms with Gasteiger partial charge in [-0.15, -0.1) is 0 Å². The van der Waals surface area contributed by atoms with E-state index in [4.69, 9.17) is 9.97 Å². The van der Waals surface area contributed by atoms with Crippen LogP contribution in [0, 0.1) is 0 Å². The molecule has 0 aliphatic heterocycles. The number of rotatable bonds is 4. The third-order valence-corrected chi connectivity index (χ3v) is 5.02. The molecule has 1 aromatic carbocycles. The van der Waals surface area contributed by atoms with Gasteiger partial charge in [-0.2, -0.15) is 0 Å². The maximum atomic E-state index is 4.88. The molecule has 28 heavy (non-hydrogen) atoms. The summed E-state index contributed by atoms with van der Waals surface area (Å²) < 4.78 is 4.02. The van der Waals surface area contributed by atoms with Gasteiger partial charge < -0.3 is 9.88 Å². The molecule has 5 aromatic rings. The van der Waals surface area contributed by atoms with Gasteiger partial charge in [0.25, 0.3) is 0 Å². The Hall–Kier alpha value is -3.67. The third-order valence-electron chi connectivity index (χ3n) is 5.02. The molecule has 0 aliphatic carbocycles. The van der Waals surface area contributed by atoms with Crippen LogP contribution in [0.15, 0.2) is 73.2 Å². The Kier molecular flexibility index (Phi) is 3.83. The number of anilines is 1. The molecular formula is C22H20N6. The monoisotopic (exact) mass is 368 g/mol. The Morgan fingerprint density at radius 1 is 0.929 bits per heavy atom. The number of nitrogens with one attached hydrogen (secondary N) is 1. The molecule has 1 unspecified atom stereocenters. The van der Waals surface area contributed by atoms with Crippen LogP contribution < -0.4 is 5.32 Å². The second kappa shape index (κ2) is 6.49. The Bertz CT molecular complexity index is 1270. The zero-order valence-electron chi connectivity index (χ0n) is 15.7. The maximum absolute atomic E-state index is 4.88. The number of aryl methyl sites for hydroxylation is 1. The number of pyridine rings is 1. The lowest BCUT2D eigenvalue weighted by Gasteiger charge is -2.16. The lowest BCUT2D eigenvalue weighted by molar-refractivity contribution is 0.874. The van der Waals surface area contributed by atoms with Crippen molar-refractivity contribution in [1.82, 2.24) is 23.9 Å². The molecule has 1 atom stereocenters. The molecule has 0 spiro atoms. The van der Waals surface area contributed by atoms with Crippen LogP contribution in [0.25, 0.3) is 28.2 Å². The van der Waals surface area contributed by atoms with Crippen LogP contribution in [0.1, 0.15) is 18.5 Å². The highest BCUT2D eigenvalue weighted by atomic mass is 15.1. The van der Waals surface area contributed by atoms with Crippen LogP contribution in [0.4, 0.5) is 5.82 Å². The Balaban J connectivity index is 1.65. The quantitative estimate of drug-likeness (QED) is 0.509. The number of aromatic nitrogens is 5. The van der Waals surface area contributed by atoms with Crippen molar-refractivity contribution in [3.05, 3.63) is 78.8 Å². The average Bonchev–Trinajstić information content (AvgIpc) is 3.33. The Labute approximate surface area is 162 Å². The van der Waals surface area contributed by atoms with E-state index in [1.54, 1.807) is 0 Å². The van der Waals surface area contributed by atoms with E-state index in [1.807, 2.05) is 64.9 Å². The molecule has 6 heteroatoms. The molecule has 0 bridgehead atoms. The molecule has 4 aromatic heterocycles. The molecule has 5 rings (SSSR count). The van der Waals surface area contributed by atoms with Crippen LogP contribution in [0.5, 0.6) is 0 Å². The summed E-state index contributed by atoms with van der Waals surface area (Å²) in [6.45, 7) is 2.14. The number of imidazole rings is 1. The van der Waals surface area contributed by atoms with Crippen LogP contribution >= 0.6 is 0 Å². The van der Waals surface area contributed by atoms with E-state index in [-0.39, 0.29) is 6.04 Å². The van der Waals surface area contributed by atoms with Gasteiger partial charge >= 0.3 is 0 Å². The second-order valence-electron chi connectivity index (χ2n) is 6.91. The van der Waals surface area contributed by atoms with Gasteiger partial charge in [-0.05, 0) is 30.7 Å². The Morgan fingerprint density at radius 2 is 1.75 bits per heavy atom. The van der Waals surface area contributed by atoms with Gasteiger partial charge in [-0.25, -0.2) is 15.0 Å². The zero-order valence-corrected chi connectivity index (χ0v) is 15.7. The van der Waals surface area contributed by atoms with Crippen LogP contribution in [0.3, 0.4) is 0 Å². The van der Waals surface area contributed by atoms with E-state index < -0.39 is 0 Å². The van der Waals surface area contributed by atoms with Crippen LogP contribution in [0.2, 0.25) is 0 Å². The largest absolute Gasteiger partial charge is 0.363 e. The van der Waals surface area contributed by atoms with Gasteiger partial charge in [0.05, 0.1) is 11.6 Å². The van der Waals surface area contributed by atoms with Crippen molar-refractivity contribution in [2.24, 2.45) is 7.05 Å². The fourth-order valence-corrected chi connectivity index (χ4v) is 3.49. The predicted molar refractivity (Wildman–Crippen MR) is 111 cm³/mol. The highest BCUT2D eigenvalue weighted by molar-refractivity contribution is 5.89. The van der Waals surface area contributed by atoms with Crippen molar-refractivity contribution in [1.29, 1.82) is 0 Å². The SMILES string of the molecule is CC(Nc1nc(-c2cnc3ccccn23)nc2c1ccn2C)c1ccccc1. The van der Waals surface area contributed by atoms with E-state index in [1.165, 1.54) is 5.56 Å². The number of hydrogen-bond acceptors (Lipinski definition) is 4. The predicted octanol–water partition coefficient (Wildman–Crippen LogP) is 4.46. The smallest absolute Gasteiger partial charge is 0.182 e. The fraction of sp³-hybridized carbons (Fsp3) is 0.136. The number of hydrogen-bond donors (Lipinski definition) is 1. The molecular weight excluding hydrogens is 348 g/mol. The van der Waals surface area contributed by atoms with E-state index in [0.717, 1.165) is 28.2 Å². The molecule has 6 nitrogen and oxygen atoms in total. The summed E-state index contributed by atoms with van der Waals surface area (Å²) in [4.78, 5) is 14.2. The summed E-state index contributed by atoms with van der Waals surface area (Å²) in [6, 6.07) is 18.5. The van der Waals surface area contributed by atoms with E-state index in [9.17, 15) is 0 Å². The van der Waals surface area contributed by atoms with Crippen molar-refractivity contribution < 1.29 is 0 Å². The lowest BCUT2D eigenvalue weighted by atomic mass is 10.1. The molecule has 4 heterocycles. The fourth-order valence-electron chi connectivity index (χ4n) is 3.49. The molecule has 0 fully saturated rings. The second-order valence-corrected chi connectivity index (χ2v) is 6.91. The minimum atomic E-state index is 0.120. The first-order chi connectivity index (χ1) is 13.7. The molecule has 0 aliphatic rings. The van der Waals surface area contributed by atoms with Crippen molar-refractivity contribution >= 4 is 22.5 Å².